The van der Waals surface area contributed by atoms with Crippen molar-refractivity contribution in [2.24, 2.45) is 0 Å². The number of benzene rings is 2. The minimum absolute atomic E-state index is 0.0173. The quantitative estimate of drug-likeness (QED) is 0.186. The fraction of sp³-hybridized carbons (Fsp3) is 0.432. The van der Waals surface area contributed by atoms with Crippen LogP contribution in [-0.4, -0.2) is 63.1 Å². The van der Waals surface area contributed by atoms with Gasteiger partial charge in [0.2, 0.25) is 5.76 Å². The first-order chi connectivity index (χ1) is 25.7. The molecule has 18 heteroatoms. The van der Waals surface area contributed by atoms with Gasteiger partial charge in [-0.2, -0.15) is 26.3 Å². The Bertz CT molecular complexity index is 2100. The predicted molar refractivity (Wildman–Crippen MR) is 186 cm³/mol. The number of rotatable bonds is 10. The van der Waals surface area contributed by atoms with Crippen LogP contribution in [0.4, 0.5) is 41.2 Å². The molecule has 2 N–H and O–H groups in total. The summed E-state index contributed by atoms with van der Waals surface area (Å²) in [6, 6.07) is 10.7. The van der Waals surface area contributed by atoms with Crippen molar-refractivity contribution in [2.75, 3.05) is 31.1 Å². The minimum Gasteiger partial charge on any atom is -0.455 e. The number of halogens is 7. The molecule has 298 valence electrons. The number of anilines is 1. The number of aromatic nitrogens is 2. The number of furan rings is 1. The molecule has 0 bridgehead atoms. The Morgan fingerprint density at radius 3 is 2.22 bits per heavy atom. The maximum Gasteiger partial charge on any atom is 0.449 e. The Labute approximate surface area is 310 Å². The van der Waals surface area contributed by atoms with Crippen molar-refractivity contribution in [1.29, 1.82) is 0 Å². The number of ether oxygens (including phenoxy) is 1. The number of piperazine rings is 1. The summed E-state index contributed by atoms with van der Waals surface area (Å²) in [6.07, 6.45) is -10.6. The van der Waals surface area contributed by atoms with E-state index in [0.717, 1.165) is 33.4 Å². The molecule has 2 aromatic carbocycles. The maximum absolute atomic E-state index is 15.2. The van der Waals surface area contributed by atoms with Gasteiger partial charge in [-0.1, -0.05) is 36.4 Å². The number of hydrogen-bond donors (Lipinski definition) is 2. The van der Waals surface area contributed by atoms with Gasteiger partial charge in [0.1, 0.15) is 22.9 Å². The summed E-state index contributed by atoms with van der Waals surface area (Å²) in [6.45, 7) is 4.10. The number of aliphatic hydroxyl groups is 1. The number of nitrogens with one attached hydrogen (secondary N) is 1. The molecule has 0 aliphatic carbocycles. The van der Waals surface area contributed by atoms with Crippen LogP contribution >= 0.6 is 0 Å². The third-order valence-corrected chi connectivity index (χ3v) is 9.09. The molecule has 0 spiro atoms. The van der Waals surface area contributed by atoms with Gasteiger partial charge in [0.25, 0.3) is 5.56 Å². The zero-order valence-corrected chi connectivity index (χ0v) is 30.3. The first-order valence-electron chi connectivity index (χ1n) is 17.2. The van der Waals surface area contributed by atoms with E-state index < -0.39 is 89.8 Å². The monoisotopic (exact) mass is 783 g/mol. The highest BCUT2D eigenvalue weighted by molar-refractivity contribution is 5.68. The Hall–Kier alpha value is -5.10. The molecular weight excluding hydrogens is 743 g/mol. The molecule has 1 fully saturated rings. The zero-order valence-electron chi connectivity index (χ0n) is 30.3. The molecule has 11 nitrogen and oxygen atoms in total. The van der Waals surface area contributed by atoms with Gasteiger partial charge >= 0.3 is 24.1 Å². The predicted octanol–water partition coefficient (Wildman–Crippen LogP) is 6.09. The third-order valence-electron chi connectivity index (χ3n) is 9.09. The van der Waals surface area contributed by atoms with E-state index in [9.17, 15) is 45.8 Å². The van der Waals surface area contributed by atoms with Gasteiger partial charge < -0.3 is 24.5 Å². The van der Waals surface area contributed by atoms with Crippen LogP contribution in [0.25, 0.3) is 0 Å². The van der Waals surface area contributed by atoms with Gasteiger partial charge in [0.05, 0.1) is 43.9 Å². The van der Waals surface area contributed by atoms with Crippen LogP contribution in [-0.2, 0) is 36.7 Å². The Kier molecular flexibility index (Phi) is 11.9. The number of carbonyl (C=O) groups is 1. The molecule has 4 aromatic rings. The van der Waals surface area contributed by atoms with E-state index >= 15 is 4.39 Å². The van der Waals surface area contributed by atoms with E-state index in [4.69, 9.17) is 9.15 Å². The van der Waals surface area contributed by atoms with Gasteiger partial charge in [-0.15, -0.1) is 0 Å². The van der Waals surface area contributed by atoms with Gasteiger partial charge in [-0.05, 0) is 57.5 Å². The van der Waals surface area contributed by atoms with Gasteiger partial charge in [0, 0.05) is 30.9 Å². The largest absolute Gasteiger partial charge is 0.455 e. The lowest BCUT2D eigenvalue weighted by Crippen LogP contribution is -2.56. The normalized spacial score (nSPS) is 16.3. The van der Waals surface area contributed by atoms with Crippen molar-refractivity contribution in [3.05, 3.63) is 121 Å². The molecule has 3 heterocycles. The first kappa shape index (κ1) is 41.1. The second kappa shape index (κ2) is 15.9. The second-order valence-electron chi connectivity index (χ2n) is 14.1. The van der Waals surface area contributed by atoms with Crippen LogP contribution in [0.1, 0.15) is 60.7 Å². The zero-order chi connectivity index (χ0) is 40.5. The van der Waals surface area contributed by atoms with Gasteiger partial charge in [0.15, 0.2) is 0 Å². The van der Waals surface area contributed by atoms with E-state index in [1.807, 2.05) is 0 Å². The van der Waals surface area contributed by atoms with E-state index in [1.54, 1.807) is 56.0 Å². The summed E-state index contributed by atoms with van der Waals surface area (Å²) < 4.78 is 109. The molecule has 2 aromatic heterocycles. The van der Waals surface area contributed by atoms with Crippen molar-refractivity contribution in [2.45, 2.75) is 77.4 Å². The average molecular weight is 784 g/mol. The molecule has 5 rings (SSSR count). The highest BCUT2D eigenvalue weighted by atomic mass is 19.4. The van der Waals surface area contributed by atoms with Crippen LogP contribution in [0.2, 0.25) is 0 Å². The highest BCUT2D eigenvalue weighted by Gasteiger charge is 2.38. The van der Waals surface area contributed by atoms with Crippen molar-refractivity contribution in [1.82, 2.24) is 19.4 Å². The van der Waals surface area contributed by atoms with Gasteiger partial charge in [-0.3, -0.25) is 18.8 Å². The van der Waals surface area contributed by atoms with Crippen LogP contribution < -0.4 is 21.5 Å². The van der Waals surface area contributed by atoms with E-state index in [-0.39, 0.29) is 43.3 Å². The summed E-state index contributed by atoms with van der Waals surface area (Å²) in [5.41, 5.74) is -4.89. The number of alkyl carbamates (subject to hydrolysis) is 1. The van der Waals surface area contributed by atoms with E-state index in [1.165, 1.54) is 11.8 Å². The summed E-state index contributed by atoms with van der Waals surface area (Å²) in [4.78, 5) is 44.9. The van der Waals surface area contributed by atoms with Crippen molar-refractivity contribution < 1.29 is 49.8 Å². The van der Waals surface area contributed by atoms with Crippen molar-refractivity contribution >= 4 is 11.8 Å². The summed E-state index contributed by atoms with van der Waals surface area (Å²) in [7, 11) is 0. The second-order valence-corrected chi connectivity index (χ2v) is 14.1. The molecule has 0 saturated carbocycles. The van der Waals surface area contributed by atoms with Crippen LogP contribution in [0.5, 0.6) is 0 Å². The summed E-state index contributed by atoms with van der Waals surface area (Å²) >= 11 is 0. The number of carbonyl (C=O) groups excluding carboxylic acids is 1. The van der Waals surface area contributed by atoms with Crippen molar-refractivity contribution in [3.8, 4) is 0 Å². The van der Waals surface area contributed by atoms with Crippen molar-refractivity contribution in [3.63, 3.8) is 0 Å². The number of alkyl halides is 6. The lowest BCUT2D eigenvalue weighted by Gasteiger charge is -2.41. The molecule has 2 atom stereocenters. The summed E-state index contributed by atoms with van der Waals surface area (Å²) in [5, 5.41) is 13.0. The molecule has 1 amide bonds. The first-order valence-corrected chi connectivity index (χ1v) is 17.2. The Morgan fingerprint density at radius 2 is 1.62 bits per heavy atom. The van der Waals surface area contributed by atoms with Crippen LogP contribution in [0, 0.1) is 12.7 Å². The molecular formula is C37H40F7N5O6. The molecule has 0 radical (unpaired) electrons. The smallest absolute Gasteiger partial charge is 0.449 e. The third kappa shape index (κ3) is 9.59. The molecule has 1 aliphatic heterocycles. The van der Waals surface area contributed by atoms with E-state index in [0.29, 0.717) is 11.6 Å². The number of hydrogen-bond acceptors (Lipinski definition) is 8. The van der Waals surface area contributed by atoms with Crippen LogP contribution in [0.15, 0.2) is 74.7 Å². The average Bonchev–Trinajstić information content (AvgIpc) is 3.58. The lowest BCUT2D eigenvalue weighted by molar-refractivity contribution is -0.153. The van der Waals surface area contributed by atoms with Crippen LogP contribution in [0.3, 0.4) is 0 Å². The standard InChI is InChI=1S/C37H40F7N5O6/c1-22-31(47-16-15-46(24(17-47)21-50)18-25-13-14-30(54-25)37(42,43)44)32(51)49(20-29(23-9-6-5-7-10-23)45-33(52)55-35(2,3)4)34(53)48(22)19-26-27(36(39,40)41)11-8-12-28(26)38/h5-14,24,29,50H,15-21H2,1-4H3,(H,45,52)/t24-,29?/m1/s1. The molecule has 1 aliphatic rings. The summed E-state index contributed by atoms with van der Waals surface area (Å²) in [5.74, 6) is -2.46. The number of nitrogens with zero attached hydrogens (tertiary/aromatic N) is 4. The fourth-order valence-electron chi connectivity index (χ4n) is 6.49. The number of aliphatic hydroxyl groups excluding tert-OH is 1. The number of amides is 1. The fourth-order valence-corrected chi connectivity index (χ4v) is 6.49. The molecule has 55 heavy (non-hydrogen) atoms. The topological polar surface area (TPSA) is 122 Å². The lowest BCUT2D eigenvalue weighted by atomic mass is 10.1. The van der Waals surface area contributed by atoms with E-state index in [2.05, 4.69) is 5.32 Å². The Morgan fingerprint density at radius 1 is 0.927 bits per heavy atom. The maximum atomic E-state index is 15.2. The Balaban J connectivity index is 1.60. The molecule has 1 saturated heterocycles. The minimum atomic E-state index is -5.00. The van der Waals surface area contributed by atoms with Gasteiger partial charge in [-0.25, -0.2) is 14.0 Å². The highest BCUT2D eigenvalue weighted by Crippen LogP contribution is 2.34. The molecule has 1 unspecified atom stereocenters. The SMILES string of the molecule is Cc1c(N2CCN(Cc3ccc(C(F)(F)F)o3)[C@@H](CO)C2)c(=O)n(CC(NC(=O)OC(C)(C)C)c2ccccc2)c(=O)n1Cc1c(F)cccc1C(F)(F)F.